The molecule has 0 bridgehead atoms. The number of nitrogens with zero attached hydrogens (tertiary/aromatic N) is 3. The number of ether oxygens (including phenoxy) is 1. The summed E-state index contributed by atoms with van der Waals surface area (Å²) in [7, 11) is 1.53. The second kappa shape index (κ2) is 8.54. The predicted octanol–water partition coefficient (Wildman–Crippen LogP) is 3.34. The van der Waals surface area contributed by atoms with Crippen LogP contribution >= 0.6 is 0 Å². The first-order chi connectivity index (χ1) is 12.1. The lowest BCUT2D eigenvalue weighted by Gasteiger charge is -2.13. The van der Waals surface area contributed by atoms with Crippen LogP contribution in [0.25, 0.3) is 5.57 Å². The molecule has 2 rings (SSSR count). The highest BCUT2D eigenvalue weighted by atomic mass is 16.5. The van der Waals surface area contributed by atoms with Crippen LogP contribution in [-0.2, 0) is 9.53 Å². The molecule has 0 radical (unpaired) electrons. The van der Waals surface area contributed by atoms with Gasteiger partial charge in [-0.2, -0.15) is 0 Å². The molecule has 2 aromatic heterocycles. The summed E-state index contributed by atoms with van der Waals surface area (Å²) in [6.45, 7) is 9.34. The van der Waals surface area contributed by atoms with Gasteiger partial charge in [0, 0.05) is 24.0 Å². The van der Waals surface area contributed by atoms with Gasteiger partial charge in [-0.1, -0.05) is 19.2 Å². The molecule has 0 spiro atoms. The van der Waals surface area contributed by atoms with Crippen molar-refractivity contribution in [3.63, 3.8) is 0 Å². The van der Waals surface area contributed by atoms with Gasteiger partial charge in [0.05, 0.1) is 18.7 Å². The summed E-state index contributed by atoms with van der Waals surface area (Å²) in [5.74, 6) is 0.338. The van der Waals surface area contributed by atoms with Crippen LogP contribution in [0.2, 0.25) is 0 Å². The third kappa shape index (κ3) is 4.60. The standard InChI is InChI=1S/C19H20N4O2/c1-5-6-16(14(3)25-4)17-11-18(22-12-21-17)23-19(24)13(2)15-7-9-20-10-8-15/h5-13H,1,3H2,2,4H3,(H,21,22,23,24)/b16-6+. The maximum Gasteiger partial charge on any atom is 0.232 e. The highest BCUT2D eigenvalue weighted by Gasteiger charge is 2.16. The maximum absolute atomic E-state index is 12.4. The molecule has 0 aliphatic rings. The van der Waals surface area contributed by atoms with Crippen molar-refractivity contribution in [2.24, 2.45) is 0 Å². The molecule has 0 aromatic carbocycles. The zero-order valence-corrected chi connectivity index (χ0v) is 14.3. The Balaban J connectivity index is 2.21. The van der Waals surface area contributed by atoms with Crippen LogP contribution in [0.4, 0.5) is 5.82 Å². The van der Waals surface area contributed by atoms with Crippen LogP contribution in [0.1, 0.15) is 24.1 Å². The molecule has 1 N–H and O–H groups in total. The Morgan fingerprint density at radius 1 is 1.32 bits per heavy atom. The number of carbonyl (C=O) groups is 1. The first-order valence-corrected chi connectivity index (χ1v) is 7.66. The van der Waals surface area contributed by atoms with Crippen molar-refractivity contribution in [1.82, 2.24) is 15.0 Å². The number of allylic oxidation sites excluding steroid dienone is 3. The largest absolute Gasteiger partial charge is 0.497 e. The highest BCUT2D eigenvalue weighted by molar-refractivity contribution is 5.95. The zero-order valence-electron chi connectivity index (χ0n) is 14.3. The molecule has 2 aromatic rings. The van der Waals surface area contributed by atoms with Gasteiger partial charge < -0.3 is 10.1 Å². The van der Waals surface area contributed by atoms with E-state index in [0.717, 1.165) is 5.56 Å². The fourth-order valence-corrected chi connectivity index (χ4v) is 2.16. The van der Waals surface area contributed by atoms with E-state index in [0.29, 0.717) is 22.8 Å². The van der Waals surface area contributed by atoms with Gasteiger partial charge in [-0.25, -0.2) is 9.97 Å². The molecule has 0 saturated heterocycles. The molecule has 6 heteroatoms. The summed E-state index contributed by atoms with van der Waals surface area (Å²) in [5, 5.41) is 2.80. The zero-order chi connectivity index (χ0) is 18.2. The van der Waals surface area contributed by atoms with E-state index in [4.69, 9.17) is 4.74 Å². The summed E-state index contributed by atoms with van der Waals surface area (Å²) in [4.78, 5) is 24.7. The molecule has 25 heavy (non-hydrogen) atoms. The Morgan fingerprint density at radius 2 is 2.04 bits per heavy atom. The van der Waals surface area contributed by atoms with Gasteiger partial charge in [0.1, 0.15) is 17.9 Å². The van der Waals surface area contributed by atoms with Crippen molar-refractivity contribution in [3.05, 3.63) is 79.2 Å². The van der Waals surface area contributed by atoms with Gasteiger partial charge in [-0.3, -0.25) is 9.78 Å². The Hall–Kier alpha value is -3.28. The van der Waals surface area contributed by atoms with E-state index in [1.165, 1.54) is 13.4 Å². The summed E-state index contributed by atoms with van der Waals surface area (Å²) < 4.78 is 5.17. The minimum absolute atomic E-state index is 0.171. The topological polar surface area (TPSA) is 77.0 Å². The Bertz CT molecular complexity index is 800. The number of methoxy groups -OCH3 is 1. The van der Waals surface area contributed by atoms with Gasteiger partial charge >= 0.3 is 0 Å². The van der Waals surface area contributed by atoms with E-state index in [2.05, 4.69) is 33.4 Å². The fourth-order valence-electron chi connectivity index (χ4n) is 2.16. The van der Waals surface area contributed by atoms with Crippen molar-refractivity contribution in [2.45, 2.75) is 12.8 Å². The van der Waals surface area contributed by atoms with Crippen LogP contribution < -0.4 is 5.32 Å². The number of anilines is 1. The fraction of sp³-hybridized carbons (Fsp3) is 0.158. The molecular formula is C19H20N4O2. The predicted molar refractivity (Wildman–Crippen MR) is 97.6 cm³/mol. The van der Waals surface area contributed by atoms with Crippen molar-refractivity contribution in [2.75, 3.05) is 12.4 Å². The van der Waals surface area contributed by atoms with Crippen molar-refractivity contribution in [1.29, 1.82) is 0 Å². The van der Waals surface area contributed by atoms with Crippen LogP contribution in [0.5, 0.6) is 0 Å². The summed E-state index contributed by atoms with van der Waals surface area (Å²) in [5.41, 5.74) is 2.12. The average molecular weight is 336 g/mol. The minimum Gasteiger partial charge on any atom is -0.497 e. The normalized spacial score (nSPS) is 12.2. The van der Waals surface area contributed by atoms with E-state index >= 15 is 0 Å². The molecule has 128 valence electrons. The number of amides is 1. The molecule has 0 aliphatic carbocycles. The number of pyridine rings is 1. The van der Waals surface area contributed by atoms with Crippen LogP contribution in [0, 0.1) is 0 Å². The monoisotopic (exact) mass is 336 g/mol. The lowest BCUT2D eigenvalue weighted by Crippen LogP contribution is -2.19. The van der Waals surface area contributed by atoms with Crippen LogP contribution in [0.15, 0.2) is 68.0 Å². The quantitative estimate of drug-likeness (QED) is 0.620. The van der Waals surface area contributed by atoms with Gasteiger partial charge in [0.2, 0.25) is 5.91 Å². The van der Waals surface area contributed by atoms with Gasteiger partial charge in [-0.15, -0.1) is 0 Å². The molecular weight excluding hydrogens is 316 g/mol. The van der Waals surface area contributed by atoms with Gasteiger partial charge in [0.25, 0.3) is 0 Å². The molecule has 6 nitrogen and oxygen atoms in total. The van der Waals surface area contributed by atoms with E-state index in [1.807, 2.05) is 19.1 Å². The van der Waals surface area contributed by atoms with E-state index in [-0.39, 0.29) is 11.8 Å². The maximum atomic E-state index is 12.4. The smallest absolute Gasteiger partial charge is 0.232 e. The molecule has 2 heterocycles. The molecule has 0 fully saturated rings. The molecule has 1 unspecified atom stereocenters. The lowest BCUT2D eigenvalue weighted by molar-refractivity contribution is -0.117. The molecule has 0 saturated carbocycles. The number of carbonyl (C=O) groups excluding carboxylic acids is 1. The van der Waals surface area contributed by atoms with Crippen molar-refractivity contribution >= 4 is 17.3 Å². The first kappa shape index (κ1) is 18.1. The van der Waals surface area contributed by atoms with Crippen molar-refractivity contribution < 1.29 is 9.53 Å². The SMILES string of the molecule is C=C/C=C(\C(=C)OC)c1cc(NC(=O)C(C)c2ccncc2)ncn1. The number of rotatable bonds is 7. The Kier molecular flexibility index (Phi) is 6.17. The minimum atomic E-state index is -0.335. The summed E-state index contributed by atoms with van der Waals surface area (Å²) in [6, 6.07) is 5.28. The van der Waals surface area contributed by atoms with Crippen LogP contribution in [-0.4, -0.2) is 28.0 Å². The highest BCUT2D eigenvalue weighted by Crippen LogP contribution is 2.23. The van der Waals surface area contributed by atoms with E-state index in [1.54, 1.807) is 30.6 Å². The second-order valence-corrected chi connectivity index (χ2v) is 5.22. The van der Waals surface area contributed by atoms with Crippen molar-refractivity contribution in [3.8, 4) is 0 Å². The number of nitrogens with one attached hydrogen (secondary N) is 1. The number of hydrogen-bond acceptors (Lipinski definition) is 5. The van der Waals surface area contributed by atoms with E-state index < -0.39 is 0 Å². The summed E-state index contributed by atoms with van der Waals surface area (Å²) >= 11 is 0. The second-order valence-electron chi connectivity index (χ2n) is 5.22. The third-order valence-corrected chi connectivity index (χ3v) is 3.63. The molecule has 1 amide bonds. The van der Waals surface area contributed by atoms with Gasteiger partial charge in [0.15, 0.2) is 0 Å². The lowest BCUT2D eigenvalue weighted by atomic mass is 10.0. The molecule has 0 aliphatic heterocycles. The Labute approximate surface area is 147 Å². The Morgan fingerprint density at radius 3 is 2.68 bits per heavy atom. The van der Waals surface area contributed by atoms with E-state index in [9.17, 15) is 4.79 Å². The summed E-state index contributed by atoms with van der Waals surface area (Å²) in [6.07, 6.45) is 8.04. The first-order valence-electron chi connectivity index (χ1n) is 7.66. The molecule has 1 atom stereocenters. The number of aromatic nitrogens is 3. The van der Waals surface area contributed by atoms with Gasteiger partial charge in [-0.05, 0) is 30.7 Å². The van der Waals surface area contributed by atoms with Crippen LogP contribution in [0.3, 0.4) is 0 Å². The third-order valence-electron chi connectivity index (χ3n) is 3.63. The average Bonchev–Trinajstić information content (AvgIpc) is 2.65. The number of hydrogen-bond donors (Lipinski definition) is 1.